The van der Waals surface area contributed by atoms with Crippen molar-refractivity contribution < 1.29 is 4.39 Å². The van der Waals surface area contributed by atoms with Gasteiger partial charge in [-0.25, -0.2) is 4.39 Å². The first-order valence-electron chi connectivity index (χ1n) is 6.51. The molecule has 0 amide bonds. The summed E-state index contributed by atoms with van der Waals surface area (Å²) in [6.45, 7) is 0. The predicted molar refractivity (Wildman–Crippen MR) is 80.6 cm³/mol. The largest absolute Gasteiger partial charge is 0.253 e. The van der Waals surface area contributed by atoms with Crippen LogP contribution >= 0.6 is 11.6 Å². The zero-order valence-electron chi connectivity index (χ0n) is 10.8. The maximum absolute atomic E-state index is 13.1. The van der Waals surface area contributed by atoms with E-state index < -0.39 is 0 Å². The average Bonchev–Trinajstić information content (AvgIpc) is 2.45. The van der Waals surface area contributed by atoms with Gasteiger partial charge in [-0.05, 0) is 42.7 Å². The van der Waals surface area contributed by atoms with E-state index in [0.29, 0.717) is 5.02 Å². The fourth-order valence-electron chi connectivity index (χ4n) is 2.28. The van der Waals surface area contributed by atoms with Gasteiger partial charge in [-0.1, -0.05) is 41.9 Å². The molecule has 100 valence electrons. The van der Waals surface area contributed by atoms with Crippen LogP contribution in [0.5, 0.6) is 0 Å². The van der Waals surface area contributed by atoms with E-state index in [1.165, 1.54) is 6.07 Å². The van der Waals surface area contributed by atoms with Gasteiger partial charge < -0.3 is 0 Å². The molecule has 0 spiro atoms. The Morgan fingerprint density at radius 2 is 1.80 bits per heavy atom. The molecule has 1 nitrogen and oxygen atoms in total. The predicted octanol–water partition coefficient (Wildman–Crippen LogP) is 4.81. The lowest BCUT2D eigenvalue weighted by Crippen LogP contribution is -1.96. The number of aryl methyl sites for hydroxylation is 2. The molecular formula is C17H13ClFN. The van der Waals surface area contributed by atoms with E-state index >= 15 is 0 Å². The zero-order valence-corrected chi connectivity index (χ0v) is 11.6. The van der Waals surface area contributed by atoms with E-state index in [1.807, 2.05) is 36.4 Å². The number of fused-ring (bicyclic) bond motifs is 1. The second-order valence-electron chi connectivity index (χ2n) is 4.74. The molecule has 0 aliphatic heterocycles. The van der Waals surface area contributed by atoms with Crippen molar-refractivity contribution in [3.05, 3.63) is 76.7 Å². The molecule has 0 fully saturated rings. The topological polar surface area (TPSA) is 12.9 Å². The van der Waals surface area contributed by atoms with Gasteiger partial charge in [-0.3, -0.25) is 4.98 Å². The Hall–Kier alpha value is -1.93. The number of halogens is 2. The van der Waals surface area contributed by atoms with Crippen LogP contribution in [0, 0.1) is 5.82 Å². The van der Waals surface area contributed by atoms with Crippen LogP contribution in [0.15, 0.2) is 54.6 Å². The standard InChI is InChI=1S/C17H13ClFN/c18-16-11-14(20-17-7-2-1-6-15(16)17)9-8-12-4-3-5-13(19)10-12/h1-7,10-11H,8-9H2. The SMILES string of the molecule is Fc1cccc(CCc2cc(Cl)c3ccccc3n2)c1. The van der Waals surface area contributed by atoms with Crippen LogP contribution in [-0.4, -0.2) is 4.98 Å². The summed E-state index contributed by atoms with van der Waals surface area (Å²) in [6.07, 6.45) is 1.49. The minimum absolute atomic E-state index is 0.202. The lowest BCUT2D eigenvalue weighted by Gasteiger charge is -2.05. The van der Waals surface area contributed by atoms with Crippen molar-refractivity contribution in [3.63, 3.8) is 0 Å². The molecule has 0 N–H and O–H groups in total. The third kappa shape index (κ3) is 2.81. The molecule has 1 heterocycles. The van der Waals surface area contributed by atoms with Crippen LogP contribution in [0.2, 0.25) is 5.02 Å². The molecule has 0 saturated carbocycles. The van der Waals surface area contributed by atoms with Crippen LogP contribution in [0.3, 0.4) is 0 Å². The summed E-state index contributed by atoms with van der Waals surface area (Å²) in [4.78, 5) is 4.60. The van der Waals surface area contributed by atoms with Gasteiger partial charge in [-0.15, -0.1) is 0 Å². The molecule has 3 rings (SSSR count). The summed E-state index contributed by atoms with van der Waals surface area (Å²) in [5.41, 5.74) is 2.79. The number of para-hydroxylation sites is 1. The van der Waals surface area contributed by atoms with Crippen LogP contribution in [-0.2, 0) is 12.8 Å². The number of hydrogen-bond donors (Lipinski definition) is 0. The smallest absolute Gasteiger partial charge is 0.123 e. The number of rotatable bonds is 3. The maximum Gasteiger partial charge on any atom is 0.123 e. The molecule has 0 aliphatic carbocycles. The van der Waals surface area contributed by atoms with Gasteiger partial charge in [0.05, 0.1) is 10.5 Å². The highest BCUT2D eigenvalue weighted by molar-refractivity contribution is 6.35. The first-order valence-corrected chi connectivity index (χ1v) is 6.89. The Morgan fingerprint density at radius 1 is 0.950 bits per heavy atom. The summed E-state index contributed by atoms with van der Waals surface area (Å²) < 4.78 is 13.1. The highest BCUT2D eigenvalue weighted by Crippen LogP contribution is 2.23. The van der Waals surface area contributed by atoms with E-state index in [2.05, 4.69) is 4.98 Å². The van der Waals surface area contributed by atoms with Gasteiger partial charge in [0.15, 0.2) is 0 Å². The summed E-state index contributed by atoms with van der Waals surface area (Å²) in [5.74, 6) is -0.202. The van der Waals surface area contributed by atoms with Gasteiger partial charge in [0, 0.05) is 11.1 Å². The van der Waals surface area contributed by atoms with Crippen LogP contribution in [0.4, 0.5) is 4.39 Å². The van der Waals surface area contributed by atoms with E-state index in [4.69, 9.17) is 11.6 Å². The van der Waals surface area contributed by atoms with E-state index in [0.717, 1.165) is 35.0 Å². The van der Waals surface area contributed by atoms with E-state index in [-0.39, 0.29) is 5.82 Å². The Labute approximate surface area is 122 Å². The monoisotopic (exact) mass is 285 g/mol. The number of nitrogens with zero attached hydrogens (tertiary/aromatic N) is 1. The van der Waals surface area contributed by atoms with Crippen molar-refractivity contribution in [1.29, 1.82) is 0 Å². The summed E-state index contributed by atoms with van der Waals surface area (Å²) in [6, 6.07) is 16.4. The normalized spacial score (nSPS) is 10.9. The highest BCUT2D eigenvalue weighted by Gasteiger charge is 2.04. The van der Waals surface area contributed by atoms with Crippen molar-refractivity contribution in [2.24, 2.45) is 0 Å². The van der Waals surface area contributed by atoms with Gasteiger partial charge in [0.2, 0.25) is 0 Å². The summed E-state index contributed by atoms with van der Waals surface area (Å²) in [7, 11) is 0. The molecule has 3 heteroatoms. The highest BCUT2D eigenvalue weighted by atomic mass is 35.5. The molecule has 0 bridgehead atoms. The van der Waals surface area contributed by atoms with Gasteiger partial charge in [0.25, 0.3) is 0 Å². The Morgan fingerprint density at radius 3 is 2.65 bits per heavy atom. The van der Waals surface area contributed by atoms with E-state index in [1.54, 1.807) is 12.1 Å². The third-order valence-electron chi connectivity index (χ3n) is 3.28. The fourth-order valence-corrected chi connectivity index (χ4v) is 2.56. The van der Waals surface area contributed by atoms with Crippen molar-refractivity contribution >= 4 is 22.5 Å². The first-order chi connectivity index (χ1) is 9.72. The summed E-state index contributed by atoms with van der Waals surface area (Å²) in [5, 5.41) is 1.67. The molecule has 0 radical (unpaired) electrons. The molecular weight excluding hydrogens is 273 g/mol. The lowest BCUT2D eigenvalue weighted by atomic mass is 10.1. The second-order valence-corrected chi connectivity index (χ2v) is 5.15. The molecule has 3 aromatic rings. The molecule has 0 unspecified atom stereocenters. The number of aromatic nitrogens is 1. The summed E-state index contributed by atoms with van der Waals surface area (Å²) >= 11 is 6.27. The molecule has 1 aromatic heterocycles. The zero-order chi connectivity index (χ0) is 13.9. The van der Waals surface area contributed by atoms with Gasteiger partial charge in [0.1, 0.15) is 5.82 Å². The minimum atomic E-state index is -0.202. The first kappa shape index (κ1) is 13.1. The molecule has 20 heavy (non-hydrogen) atoms. The van der Waals surface area contributed by atoms with Crippen molar-refractivity contribution in [3.8, 4) is 0 Å². The van der Waals surface area contributed by atoms with Crippen molar-refractivity contribution in [2.75, 3.05) is 0 Å². The lowest BCUT2D eigenvalue weighted by molar-refractivity contribution is 0.625. The molecule has 0 atom stereocenters. The number of benzene rings is 2. The Bertz CT molecular complexity index is 755. The molecule has 2 aromatic carbocycles. The molecule has 0 saturated heterocycles. The second kappa shape index (κ2) is 5.59. The van der Waals surface area contributed by atoms with Crippen LogP contribution in [0.25, 0.3) is 10.9 Å². The van der Waals surface area contributed by atoms with Crippen LogP contribution < -0.4 is 0 Å². The Kier molecular flexibility index (Phi) is 3.66. The van der Waals surface area contributed by atoms with Gasteiger partial charge in [-0.2, -0.15) is 0 Å². The Balaban J connectivity index is 1.84. The number of hydrogen-bond acceptors (Lipinski definition) is 1. The van der Waals surface area contributed by atoms with Crippen LogP contribution in [0.1, 0.15) is 11.3 Å². The van der Waals surface area contributed by atoms with Gasteiger partial charge >= 0.3 is 0 Å². The number of pyridine rings is 1. The average molecular weight is 286 g/mol. The minimum Gasteiger partial charge on any atom is -0.253 e. The third-order valence-corrected chi connectivity index (χ3v) is 3.59. The molecule has 0 aliphatic rings. The fraction of sp³-hybridized carbons (Fsp3) is 0.118. The van der Waals surface area contributed by atoms with E-state index in [9.17, 15) is 4.39 Å². The maximum atomic E-state index is 13.1. The quantitative estimate of drug-likeness (QED) is 0.673. The van der Waals surface area contributed by atoms with Crippen molar-refractivity contribution in [2.45, 2.75) is 12.8 Å². The van der Waals surface area contributed by atoms with Crippen molar-refractivity contribution in [1.82, 2.24) is 4.98 Å².